The smallest absolute Gasteiger partial charge is 0.263 e. The summed E-state index contributed by atoms with van der Waals surface area (Å²) < 4.78 is 26.3. The molecule has 2 rings (SSSR count). The van der Waals surface area contributed by atoms with Crippen molar-refractivity contribution in [3.63, 3.8) is 0 Å². The van der Waals surface area contributed by atoms with E-state index in [-0.39, 0.29) is 5.56 Å². The van der Waals surface area contributed by atoms with Gasteiger partial charge in [0.25, 0.3) is 6.43 Å². The van der Waals surface area contributed by atoms with Crippen LogP contribution in [0, 0.1) is 0 Å². The molecule has 0 bridgehead atoms. The highest BCUT2D eigenvalue weighted by Crippen LogP contribution is 2.22. The lowest BCUT2D eigenvalue weighted by Gasteiger charge is -2.11. The molecule has 1 aromatic heterocycles. The van der Waals surface area contributed by atoms with Crippen LogP contribution in [0.25, 0.3) is 0 Å². The van der Waals surface area contributed by atoms with Gasteiger partial charge in [-0.2, -0.15) is 5.10 Å². The van der Waals surface area contributed by atoms with Gasteiger partial charge in [-0.3, -0.25) is 4.68 Å². The lowest BCUT2D eigenvalue weighted by molar-refractivity contribution is 0.150. The number of hydrogen-bond acceptors (Lipinski definition) is 3. The van der Waals surface area contributed by atoms with Crippen molar-refractivity contribution in [3.05, 3.63) is 47.5 Å². The number of alkyl halides is 2. The lowest BCUT2D eigenvalue weighted by Crippen LogP contribution is -2.07. The Hall–Kier alpha value is -1.82. The summed E-state index contributed by atoms with van der Waals surface area (Å²) in [4.78, 5) is 4.00. The summed E-state index contributed by atoms with van der Waals surface area (Å²) in [5.74, 6) is 0.639. The average molecular weight is 253 g/mol. The summed E-state index contributed by atoms with van der Waals surface area (Å²) >= 11 is 0. The van der Waals surface area contributed by atoms with Crippen LogP contribution in [0.1, 0.15) is 29.5 Å². The van der Waals surface area contributed by atoms with Crippen LogP contribution < -0.4 is 0 Å². The molecule has 0 saturated carbocycles. The molecule has 2 aromatic rings. The number of hydrogen-bond donors (Lipinski definition) is 1. The van der Waals surface area contributed by atoms with E-state index >= 15 is 0 Å². The molecule has 0 aliphatic heterocycles. The number of aromatic nitrogens is 3. The van der Waals surface area contributed by atoms with Crippen LogP contribution in [0.5, 0.6) is 0 Å². The van der Waals surface area contributed by atoms with Gasteiger partial charge >= 0.3 is 0 Å². The van der Waals surface area contributed by atoms with Crippen LogP contribution in [-0.2, 0) is 13.5 Å². The second-order valence-corrected chi connectivity index (χ2v) is 3.99. The predicted molar refractivity (Wildman–Crippen MR) is 61.1 cm³/mol. The molecule has 0 aliphatic rings. The third kappa shape index (κ3) is 2.70. The number of nitrogens with zero attached hydrogens (tertiary/aromatic N) is 3. The van der Waals surface area contributed by atoms with Gasteiger partial charge in [0.15, 0.2) is 0 Å². The largest absolute Gasteiger partial charge is 0.388 e. The van der Waals surface area contributed by atoms with E-state index in [9.17, 15) is 13.9 Å². The van der Waals surface area contributed by atoms with Crippen molar-refractivity contribution in [2.45, 2.75) is 19.0 Å². The van der Waals surface area contributed by atoms with Gasteiger partial charge in [-0.05, 0) is 5.56 Å². The topological polar surface area (TPSA) is 50.9 Å². The molecule has 1 N–H and O–H groups in total. The molecular weight excluding hydrogens is 240 g/mol. The number of aliphatic hydroxyl groups excluding tert-OH is 1. The van der Waals surface area contributed by atoms with E-state index < -0.39 is 12.5 Å². The summed E-state index contributed by atoms with van der Waals surface area (Å²) in [7, 11) is 1.73. The van der Waals surface area contributed by atoms with E-state index in [2.05, 4.69) is 10.1 Å². The minimum absolute atomic E-state index is 0.0513. The number of halogens is 2. The monoisotopic (exact) mass is 253 g/mol. The van der Waals surface area contributed by atoms with Crippen molar-refractivity contribution in [3.8, 4) is 0 Å². The Labute approximate surface area is 103 Å². The maximum atomic E-state index is 12.4. The van der Waals surface area contributed by atoms with Gasteiger partial charge in [-0.25, -0.2) is 13.8 Å². The second-order valence-electron chi connectivity index (χ2n) is 3.99. The van der Waals surface area contributed by atoms with Crippen molar-refractivity contribution in [2.75, 3.05) is 0 Å². The Morgan fingerprint density at radius 1 is 1.22 bits per heavy atom. The summed E-state index contributed by atoms with van der Waals surface area (Å²) in [5, 5.41) is 13.9. The zero-order valence-corrected chi connectivity index (χ0v) is 9.79. The first kappa shape index (κ1) is 12.6. The third-order valence-corrected chi connectivity index (χ3v) is 2.75. The number of aryl methyl sites for hydroxylation is 1. The molecule has 1 atom stereocenters. The van der Waals surface area contributed by atoms with Crippen molar-refractivity contribution in [1.29, 1.82) is 0 Å². The van der Waals surface area contributed by atoms with Crippen LogP contribution in [0.2, 0.25) is 0 Å². The second kappa shape index (κ2) is 5.22. The first-order chi connectivity index (χ1) is 8.58. The van der Waals surface area contributed by atoms with Gasteiger partial charge in [0.1, 0.15) is 12.2 Å². The maximum absolute atomic E-state index is 12.4. The third-order valence-electron chi connectivity index (χ3n) is 2.75. The minimum atomic E-state index is -2.49. The summed E-state index contributed by atoms with van der Waals surface area (Å²) in [6.45, 7) is 0. The molecule has 1 unspecified atom stereocenters. The zero-order chi connectivity index (χ0) is 13.1. The molecule has 1 aromatic carbocycles. The minimum Gasteiger partial charge on any atom is -0.388 e. The van der Waals surface area contributed by atoms with Crippen LogP contribution in [-0.4, -0.2) is 19.9 Å². The quantitative estimate of drug-likeness (QED) is 0.907. The Morgan fingerprint density at radius 2 is 1.83 bits per heavy atom. The van der Waals surface area contributed by atoms with Crippen molar-refractivity contribution < 1.29 is 13.9 Å². The molecule has 4 nitrogen and oxygen atoms in total. The molecule has 6 heteroatoms. The van der Waals surface area contributed by atoms with Gasteiger partial charge in [-0.15, -0.1) is 0 Å². The fourth-order valence-corrected chi connectivity index (χ4v) is 1.66. The average Bonchev–Trinajstić information content (AvgIpc) is 2.75. The van der Waals surface area contributed by atoms with E-state index in [4.69, 9.17) is 0 Å². The Kier molecular flexibility index (Phi) is 3.66. The van der Waals surface area contributed by atoms with Gasteiger partial charge < -0.3 is 5.11 Å². The molecule has 0 saturated heterocycles. The Morgan fingerprint density at radius 3 is 2.33 bits per heavy atom. The van der Waals surface area contributed by atoms with Crippen molar-refractivity contribution in [1.82, 2.24) is 14.8 Å². The lowest BCUT2D eigenvalue weighted by atomic mass is 10.0. The first-order valence-electron chi connectivity index (χ1n) is 5.47. The van der Waals surface area contributed by atoms with Crippen LogP contribution >= 0.6 is 0 Å². The highest BCUT2D eigenvalue weighted by Gasteiger charge is 2.13. The van der Waals surface area contributed by atoms with E-state index in [0.29, 0.717) is 17.8 Å². The Balaban J connectivity index is 2.09. The van der Waals surface area contributed by atoms with Gasteiger partial charge in [0.05, 0.1) is 6.10 Å². The molecule has 1 heterocycles. The van der Waals surface area contributed by atoms with Gasteiger partial charge in [0.2, 0.25) is 0 Å². The number of rotatable bonds is 4. The van der Waals surface area contributed by atoms with Gasteiger partial charge in [-0.1, -0.05) is 24.3 Å². The zero-order valence-electron chi connectivity index (χ0n) is 9.79. The highest BCUT2D eigenvalue weighted by molar-refractivity contribution is 5.25. The highest BCUT2D eigenvalue weighted by atomic mass is 19.3. The molecule has 0 aliphatic carbocycles. The van der Waals surface area contributed by atoms with Crippen LogP contribution in [0.15, 0.2) is 30.6 Å². The fraction of sp³-hybridized carbons (Fsp3) is 0.333. The standard InChI is InChI=1S/C12H13F2N3O/c1-17-11(15-7-16-17)6-10(18)8-2-4-9(5-3-8)12(13)14/h2-5,7,10,12,18H,6H2,1H3. The molecule has 0 fully saturated rings. The maximum Gasteiger partial charge on any atom is 0.263 e. The summed E-state index contributed by atoms with van der Waals surface area (Å²) in [6, 6.07) is 5.64. The molecule has 18 heavy (non-hydrogen) atoms. The predicted octanol–water partition coefficient (Wildman–Crippen LogP) is 2.03. The van der Waals surface area contributed by atoms with E-state index in [0.717, 1.165) is 0 Å². The normalized spacial score (nSPS) is 12.9. The molecule has 96 valence electrons. The molecule has 0 radical (unpaired) electrons. The Bertz CT molecular complexity index is 510. The fourth-order valence-electron chi connectivity index (χ4n) is 1.66. The van der Waals surface area contributed by atoms with E-state index in [1.54, 1.807) is 11.7 Å². The summed E-state index contributed by atoms with van der Waals surface area (Å²) in [5.41, 5.74) is 0.534. The molecule has 0 spiro atoms. The SMILES string of the molecule is Cn1ncnc1CC(O)c1ccc(C(F)F)cc1. The number of aliphatic hydroxyl groups is 1. The van der Waals surface area contributed by atoms with E-state index in [1.807, 2.05) is 0 Å². The molecule has 0 amide bonds. The van der Waals surface area contributed by atoms with E-state index in [1.165, 1.54) is 30.6 Å². The van der Waals surface area contributed by atoms with Crippen LogP contribution in [0.3, 0.4) is 0 Å². The van der Waals surface area contributed by atoms with Crippen molar-refractivity contribution >= 4 is 0 Å². The number of benzene rings is 1. The molecular formula is C12H13F2N3O. The first-order valence-corrected chi connectivity index (χ1v) is 5.47. The van der Waals surface area contributed by atoms with Crippen LogP contribution in [0.4, 0.5) is 8.78 Å². The summed E-state index contributed by atoms with van der Waals surface area (Å²) in [6.07, 6.45) is -1.57. The van der Waals surface area contributed by atoms with Crippen molar-refractivity contribution in [2.24, 2.45) is 7.05 Å². The van der Waals surface area contributed by atoms with Gasteiger partial charge in [0, 0.05) is 19.0 Å².